The van der Waals surface area contributed by atoms with Gasteiger partial charge in [-0.2, -0.15) is 0 Å². The molecule has 2 rings (SSSR count). The first-order valence-electron chi connectivity index (χ1n) is 4.42. The Morgan fingerprint density at radius 1 is 1.50 bits per heavy atom. The molecule has 0 atom stereocenters. The molecule has 0 aliphatic heterocycles. The molecule has 0 bridgehead atoms. The topological polar surface area (TPSA) is 56.2 Å². The minimum Gasteiger partial charge on any atom is -0.464 e. The zero-order valence-electron chi connectivity index (χ0n) is 7.91. The predicted molar refractivity (Wildman–Crippen MR) is 53.8 cm³/mol. The summed E-state index contributed by atoms with van der Waals surface area (Å²) in [6.45, 7) is 2.00. The van der Waals surface area contributed by atoms with Gasteiger partial charge in [0, 0.05) is 10.9 Å². The van der Waals surface area contributed by atoms with Crippen molar-refractivity contribution >= 4 is 16.9 Å². The molecule has 1 heterocycles. The highest BCUT2D eigenvalue weighted by atomic mass is 16.3. The lowest BCUT2D eigenvalue weighted by molar-refractivity contribution is -0.117. The quantitative estimate of drug-likeness (QED) is 0.782. The van der Waals surface area contributed by atoms with Gasteiger partial charge in [0.2, 0.25) is 5.91 Å². The maximum atomic E-state index is 10.8. The van der Waals surface area contributed by atoms with Crippen LogP contribution in [0.5, 0.6) is 0 Å². The van der Waals surface area contributed by atoms with E-state index in [9.17, 15) is 4.79 Å². The molecular weight excluding hydrogens is 178 g/mol. The molecule has 1 aromatic heterocycles. The van der Waals surface area contributed by atoms with Crippen LogP contribution in [0.3, 0.4) is 0 Å². The number of furan rings is 1. The Morgan fingerprint density at radius 3 is 3.00 bits per heavy atom. The van der Waals surface area contributed by atoms with Crippen LogP contribution in [0.1, 0.15) is 11.1 Å². The van der Waals surface area contributed by atoms with E-state index >= 15 is 0 Å². The minimum absolute atomic E-state index is 0.232. The van der Waals surface area contributed by atoms with Crippen LogP contribution >= 0.6 is 0 Å². The number of primary amides is 1. The van der Waals surface area contributed by atoms with E-state index in [0.717, 1.165) is 22.1 Å². The highest BCUT2D eigenvalue weighted by Gasteiger charge is 2.07. The van der Waals surface area contributed by atoms with Gasteiger partial charge in [0.25, 0.3) is 0 Å². The van der Waals surface area contributed by atoms with E-state index < -0.39 is 0 Å². The number of nitrogens with two attached hydrogens (primary N) is 1. The normalized spacial score (nSPS) is 10.6. The molecule has 0 radical (unpaired) electrons. The van der Waals surface area contributed by atoms with Gasteiger partial charge in [-0.05, 0) is 18.6 Å². The average Bonchev–Trinajstić information content (AvgIpc) is 2.47. The van der Waals surface area contributed by atoms with Crippen LogP contribution in [0.4, 0.5) is 0 Å². The van der Waals surface area contributed by atoms with E-state index in [1.54, 1.807) is 6.26 Å². The van der Waals surface area contributed by atoms with Crippen molar-refractivity contribution < 1.29 is 9.21 Å². The minimum atomic E-state index is -0.340. The monoisotopic (exact) mass is 189 g/mol. The Morgan fingerprint density at radius 2 is 2.29 bits per heavy atom. The molecule has 72 valence electrons. The lowest BCUT2D eigenvalue weighted by atomic mass is 10.1. The number of fused-ring (bicyclic) bond motifs is 1. The summed E-state index contributed by atoms with van der Waals surface area (Å²) >= 11 is 0. The Bertz CT molecular complexity index is 485. The molecule has 0 aliphatic carbocycles. The summed E-state index contributed by atoms with van der Waals surface area (Å²) in [7, 11) is 0. The summed E-state index contributed by atoms with van der Waals surface area (Å²) < 4.78 is 5.32. The summed E-state index contributed by atoms with van der Waals surface area (Å²) in [6, 6.07) is 5.88. The van der Waals surface area contributed by atoms with Crippen molar-refractivity contribution in [2.45, 2.75) is 13.3 Å². The van der Waals surface area contributed by atoms with Gasteiger partial charge in [0.1, 0.15) is 5.58 Å². The van der Waals surface area contributed by atoms with E-state index in [1.807, 2.05) is 25.1 Å². The zero-order chi connectivity index (χ0) is 10.1. The van der Waals surface area contributed by atoms with Gasteiger partial charge in [-0.1, -0.05) is 12.1 Å². The second kappa shape index (κ2) is 3.18. The maximum Gasteiger partial charge on any atom is 0.221 e. The van der Waals surface area contributed by atoms with Crippen LogP contribution in [0.15, 0.2) is 28.9 Å². The summed E-state index contributed by atoms with van der Waals surface area (Å²) in [6.07, 6.45) is 1.82. The van der Waals surface area contributed by atoms with Crippen LogP contribution in [-0.4, -0.2) is 5.91 Å². The van der Waals surface area contributed by atoms with Gasteiger partial charge >= 0.3 is 0 Å². The Balaban J connectivity index is 2.52. The van der Waals surface area contributed by atoms with Crippen molar-refractivity contribution in [3.63, 3.8) is 0 Å². The van der Waals surface area contributed by atoms with Crippen molar-refractivity contribution in [3.05, 3.63) is 35.6 Å². The number of benzene rings is 1. The molecule has 3 nitrogen and oxygen atoms in total. The third kappa shape index (κ3) is 1.48. The van der Waals surface area contributed by atoms with E-state index in [0.29, 0.717) is 0 Å². The van der Waals surface area contributed by atoms with Crippen LogP contribution in [0, 0.1) is 6.92 Å². The van der Waals surface area contributed by atoms with Crippen LogP contribution < -0.4 is 5.73 Å². The van der Waals surface area contributed by atoms with E-state index in [4.69, 9.17) is 10.2 Å². The lowest BCUT2D eigenvalue weighted by Crippen LogP contribution is -2.13. The van der Waals surface area contributed by atoms with Crippen LogP contribution in [0.2, 0.25) is 0 Å². The standard InChI is InChI=1S/C11H11NO2/c1-7-2-3-9-8(5-11(12)13)6-14-10(9)4-7/h2-4,6H,5H2,1H3,(H2,12,13). The number of aryl methyl sites for hydroxylation is 1. The fraction of sp³-hybridized carbons (Fsp3) is 0.182. The maximum absolute atomic E-state index is 10.8. The van der Waals surface area contributed by atoms with Crippen molar-refractivity contribution in [2.75, 3.05) is 0 Å². The number of rotatable bonds is 2. The molecule has 0 spiro atoms. The molecule has 0 saturated heterocycles. The molecule has 0 fully saturated rings. The molecular formula is C11H11NO2. The van der Waals surface area contributed by atoms with Crippen LogP contribution in [-0.2, 0) is 11.2 Å². The van der Waals surface area contributed by atoms with Gasteiger partial charge in [-0.15, -0.1) is 0 Å². The van der Waals surface area contributed by atoms with Gasteiger partial charge in [0.15, 0.2) is 0 Å². The van der Waals surface area contributed by atoms with Crippen molar-refractivity contribution in [1.29, 1.82) is 0 Å². The highest BCUT2D eigenvalue weighted by molar-refractivity contribution is 5.87. The first kappa shape index (κ1) is 8.81. The lowest BCUT2D eigenvalue weighted by Gasteiger charge is -1.94. The molecule has 0 aliphatic rings. The molecule has 14 heavy (non-hydrogen) atoms. The molecule has 2 N–H and O–H groups in total. The summed E-state index contributed by atoms with van der Waals surface area (Å²) in [5.41, 5.74) is 7.92. The molecule has 2 aromatic rings. The second-order valence-electron chi connectivity index (χ2n) is 3.40. The average molecular weight is 189 g/mol. The Kier molecular flexibility index (Phi) is 2.00. The number of carbonyl (C=O) groups excluding carboxylic acids is 1. The van der Waals surface area contributed by atoms with Gasteiger partial charge in [-0.25, -0.2) is 0 Å². The van der Waals surface area contributed by atoms with E-state index in [1.165, 1.54) is 0 Å². The second-order valence-corrected chi connectivity index (χ2v) is 3.40. The van der Waals surface area contributed by atoms with Crippen molar-refractivity contribution in [3.8, 4) is 0 Å². The molecule has 3 heteroatoms. The molecule has 1 aromatic carbocycles. The number of amides is 1. The number of hydrogen-bond donors (Lipinski definition) is 1. The fourth-order valence-corrected chi connectivity index (χ4v) is 1.52. The third-order valence-electron chi connectivity index (χ3n) is 2.18. The van der Waals surface area contributed by atoms with Crippen LogP contribution in [0.25, 0.3) is 11.0 Å². The van der Waals surface area contributed by atoms with Gasteiger partial charge < -0.3 is 10.2 Å². The largest absolute Gasteiger partial charge is 0.464 e. The van der Waals surface area contributed by atoms with E-state index in [2.05, 4.69) is 0 Å². The van der Waals surface area contributed by atoms with Crippen molar-refractivity contribution in [1.82, 2.24) is 0 Å². The van der Waals surface area contributed by atoms with Crippen molar-refractivity contribution in [2.24, 2.45) is 5.73 Å². The fourth-order valence-electron chi connectivity index (χ4n) is 1.52. The zero-order valence-corrected chi connectivity index (χ0v) is 7.91. The first-order valence-corrected chi connectivity index (χ1v) is 4.42. The Labute approximate surface area is 81.5 Å². The smallest absolute Gasteiger partial charge is 0.221 e. The summed E-state index contributed by atoms with van der Waals surface area (Å²) in [4.78, 5) is 10.8. The summed E-state index contributed by atoms with van der Waals surface area (Å²) in [5.74, 6) is -0.340. The molecule has 0 saturated carbocycles. The SMILES string of the molecule is Cc1ccc2c(CC(N)=O)coc2c1. The van der Waals surface area contributed by atoms with Gasteiger partial charge in [0.05, 0.1) is 12.7 Å². The third-order valence-corrected chi connectivity index (χ3v) is 2.18. The predicted octanol–water partition coefficient (Wildman–Crippen LogP) is 1.77. The number of hydrogen-bond acceptors (Lipinski definition) is 2. The first-order chi connectivity index (χ1) is 6.66. The molecule has 1 amide bonds. The molecule has 0 unspecified atom stereocenters. The Hall–Kier alpha value is -1.77. The summed E-state index contributed by atoms with van der Waals surface area (Å²) in [5, 5.41) is 0.967. The van der Waals surface area contributed by atoms with E-state index in [-0.39, 0.29) is 12.3 Å². The number of carbonyl (C=O) groups is 1. The van der Waals surface area contributed by atoms with Gasteiger partial charge in [-0.3, -0.25) is 4.79 Å². The highest BCUT2D eigenvalue weighted by Crippen LogP contribution is 2.22.